The molecule has 0 bridgehead atoms. The molecule has 0 radical (unpaired) electrons. The van der Waals surface area contributed by atoms with Gasteiger partial charge >= 0.3 is 0 Å². The Morgan fingerprint density at radius 1 is 0.841 bits per heavy atom. The summed E-state index contributed by atoms with van der Waals surface area (Å²) < 4.78 is 1.83. The van der Waals surface area contributed by atoms with E-state index in [4.69, 9.17) is 0 Å². The first-order valence-corrected chi connectivity index (χ1v) is 15.7. The predicted molar refractivity (Wildman–Crippen MR) is 177 cm³/mol. The van der Waals surface area contributed by atoms with Crippen LogP contribution in [0.25, 0.3) is 16.1 Å². The predicted octanol–water partition coefficient (Wildman–Crippen LogP) is 7.45. The van der Waals surface area contributed by atoms with Crippen LogP contribution >= 0.6 is 11.3 Å². The van der Waals surface area contributed by atoms with Crippen LogP contribution in [-0.2, 0) is 13.0 Å². The number of fused-ring (bicyclic) bond motifs is 1. The van der Waals surface area contributed by atoms with Crippen molar-refractivity contribution < 1.29 is 9.59 Å². The summed E-state index contributed by atoms with van der Waals surface area (Å²) in [5.74, 6) is -0.267. The highest BCUT2D eigenvalue weighted by atomic mass is 32.1. The SMILES string of the molecule is Cc1nc2sccn2c1C(=O)NCC(CCc1ccccc1)N(Cc1ccccc1)C(=O)c1ccccc1-c1ccccc1. The Balaban J connectivity index is 1.35. The molecule has 4 aromatic carbocycles. The van der Waals surface area contributed by atoms with Crippen molar-refractivity contribution in [3.8, 4) is 11.1 Å². The average Bonchev–Trinajstić information content (AvgIpc) is 3.65. The second kappa shape index (κ2) is 13.5. The number of hydrogen-bond acceptors (Lipinski definition) is 4. The molecule has 7 heteroatoms. The molecule has 6 rings (SSSR count). The molecule has 44 heavy (non-hydrogen) atoms. The maximum atomic E-state index is 14.7. The van der Waals surface area contributed by atoms with E-state index >= 15 is 0 Å². The number of aromatic nitrogens is 2. The fourth-order valence-corrected chi connectivity index (χ4v) is 6.41. The number of benzene rings is 4. The molecule has 2 aromatic heterocycles. The van der Waals surface area contributed by atoms with E-state index in [9.17, 15) is 9.59 Å². The van der Waals surface area contributed by atoms with Crippen LogP contribution in [0, 0.1) is 6.92 Å². The van der Waals surface area contributed by atoms with Crippen LogP contribution in [0.2, 0.25) is 0 Å². The van der Waals surface area contributed by atoms with Crippen LogP contribution in [0.1, 0.15) is 44.1 Å². The standard InChI is InChI=1S/C37H34N4O2S/c1-27-34(40-23-24-44-37(40)39-27)35(42)38-25-31(22-21-28-13-5-2-6-14-28)41(26-29-15-7-3-8-16-29)36(43)33-20-12-11-19-32(33)30-17-9-4-10-18-30/h2-20,23-24,31H,21-22,25-26H2,1H3,(H,38,42). The number of carbonyl (C=O) groups excluding carboxylic acids is 2. The molecule has 6 nitrogen and oxygen atoms in total. The number of amides is 2. The zero-order valence-electron chi connectivity index (χ0n) is 24.6. The number of carbonyl (C=O) groups is 2. The van der Waals surface area contributed by atoms with Gasteiger partial charge in [-0.1, -0.05) is 109 Å². The summed E-state index contributed by atoms with van der Waals surface area (Å²) in [5, 5.41) is 5.10. The van der Waals surface area contributed by atoms with Gasteiger partial charge in [0.25, 0.3) is 11.8 Å². The van der Waals surface area contributed by atoms with Crippen LogP contribution in [0.4, 0.5) is 0 Å². The van der Waals surface area contributed by atoms with Gasteiger partial charge in [-0.05, 0) is 48.1 Å². The number of nitrogens with zero attached hydrogens (tertiary/aromatic N) is 3. The second-order valence-corrected chi connectivity index (χ2v) is 11.7. The van der Waals surface area contributed by atoms with Gasteiger partial charge < -0.3 is 10.2 Å². The molecule has 1 unspecified atom stereocenters. The summed E-state index contributed by atoms with van der Waals surface area (Å²) in [5.41, 5.74) is 5.94. The molecule has 0 aliphatic carbocycles. The van der Waals surface area contributed by atoms with Gasteiger partial charge in [0.2, 0.25) is 0 Å². The molecule has 6 aromatic rings. The molecule has 1 N–H and O–H groups in total. The minimum absolute atomic E-state index is 0.0682. The molecular formula is C37H34N4O2S. The Morgan fingerprint density at radius 2 is 1.48 bits per heavy atom. The minimum Gasteiger partial charge on any atom is -0.349 e. The Kier molecular flexibility index (Phi) is 8.94. The van der Waals surface area contributed by atoms with E-state index in [1.807, 2.05) is 131 Å². The normalized spacial score (nSPS) is 11.8. The van der Waals surface area contributed by atoms with Crippen molar-refractivity contribution >= 4 is 28.1 Å². The number of thiazole rings is 1. The van der Waals surface area contributed by atoms with Crippen molar-refractivity contribution in [1.29, 1.82) is 0 Å². The van der Waals surface area contributed by atoms with Crippen LogP contribution in [0.15, 0.2) is 127 Å². The molecule has 0 saturated heterocycles. The van der Waals surface area contributed by atoms with Crippen molar-refractivity contribution in [1.82, 2.24) is 19.6 Å². The van der Waals surface area contributed by atoms with Gasteiger partial charge in [0.15, 0.2) is 4.96 Å². The van der Waals surface area contributed by atoms with Gasteiger partial charge in [0, 0.05) is 30.2 Å². The van der Waals surface area contributed by atoms with Crippen molar-refractivity contribution in [3.63, 3.8) is 0 Å². The Bertz CT molecular complexity index is 1850. The van der Waals surface area contributed by atoms with Gasteiger partial charge in [-0.3, -0.25) is 14.0 Å². The minimum atomic E-state index is -0.276. The maximum absolute atomic E-state index is 14.7. The average molecular weight is 599 g/mol. The summed E-state index contributed by atoms with van der Waals surface area (Å²) in [4.78, 5) is 35.5. The fraction of sp³-hybridized carbons (Fsp3) is 0.162. The van der Waals surface area contributed by atoms with Gasteiger partial charge in [0.05, 0.1) is 11.7 Å². The van der Waals surface area contributed by atoms with Crippen molar-refractivity contribution in [2.75, 3.05) is 6.54 Å². The van der Waals surface area contributed by atoms with Crippen LogP contribution in [0.5, 0.6) is 0 Å². The first kappa shape index (κ1) is 29.1. The molecule has 220 valence electrons. The molecular weight excluding hydrogens is 565 g/mol. The lowest BCUT2D eigenvalue weighted by Gasteiger charge is -2.33. The van der Waals surface area contributed by atoms with Crippen molar-refractivity contribution in [3.05, 3.63) is 155 Å². The zero-order chi connectivity index (χ0) is 30.3. The summed E-state index contributed by atoms with van der Waals surface area (Å²) in [6.07, 6.45) is 3.31. The molecule has 0 aliphatic rings. The van der Waals surface area contributed by atoms with E-state index in [1.54, 1.807) is 0 Å². The molecule has 0 fully saturated rings. The highest BCUT2D eigenvalue weighted by Gasteiger charge is 2.28. The summed E-state index contributed by atoms with van der Waals surface area (Å²) in [7, 11) is 0. The number of hydrogen-bond donors (Lipinski definition) is 1. The first-order valence-electron chi connectivity index (χ1n) is 14.8. The molecule has 0 aliphatic heterocycles. The number of aryl methyl sites for hydroxylation is 2. The monoisotopic (exact) mass is 598 g/mol. The maximum Gasteiger partial charge on any atom is 0.270 e. The van der Waals surface area contributed by atoms with Crippen LogP contribution < -0.4 is 5.32 Å². The Labute approximate surface area is 261 Å². The largest absolute Gasteiger partial charge is 0.349 e. The summed E-state index contributed by atoms with van der Waals surface area (Å²) in [6, 6.07) is 37.8. The number of rotatable bonds is 11. The smallest absolute Gasteiger partial charge is 0.270 e. The topological polar surface area (TPSA) is 66.7 Å². The molecule has 1 atom stereocenters. The first-order chi connectivity index (χ1) is 21.6. The van der Waals surface area contributed by atoms with Gasteiger partial charge in [-0.15, -0.1) is 11.3 Å². The van der Waals surface area contributed by atoms with Crippen molar-refractivity contribution in [2.45, 2.75) is 32.4 Å². The van der Waals surface area contributed by atoms with Gasteiger partial charge in [-0.2, -0.15) is 0 Å². The molecule has 2 heterocycles. The zero-order valence-corrected chi connectivity index (χ0v) is 25.4. The van der Waals surface area contributed by atoms with Crippen LogP contribution in [-0.4, -0.2) is 38.7 Å². The van der Waals surface area contributed by atoms with E-state index in [0.717, 1.165) is 28.1 Å². The Hall–Kier alpha value is -5.01. The third-order valence-corrected chi connectivity index (χ3v) is 8.66. The van der Waals surface area contributed by atoms with Gasteiger partial charge in [-0.25, -0.2) is 4.98 Å². The van der Waals surface area contributed by atoms with Crippen molar-refractivity contribution in [2.24, 2.45) is 0 Å². The Morgan fingerprint density at radius 3 is 2.20 bits per heavy atom. The second-order valence-electron chi connectivity index (χ2n) is 10.8. The number of imidazole rings is 1. The lowest BCUT2D eigenvalue weighted by atomic mass is 9.97. The van der Waals surface area contributed by atoms with E-state index < -0.39 is 0 Å². The number of nitrogens with one attached hydrogen (secondary N) is 1. The van der Waals surface area contributed by atoms with E-state index in [-0.39, 0.29) is 17.9 Å². The lowest BCUT2D eigenvalue weighted by molar-refractivity contribution is 0.0638. The fourth-order valence-electron chi connectivity index (χ4n) is 5.65. The summed E-state index contributed by atoms with van der Waals surface area (Å²) in [6.45, 7) is 2.57. The third-order valence-electron chi connectivity index (χ3n) is 7.90. The highest BCUT2D eigenvalue weighted by Crippen LogP contribution is 2.27. The van der Waals surface area contributed by atoms with E-state index in [0.29, 0.717) is 36.5 Å². The van der Waals surface area contributed by atoms with Gasteiger partial charge in [0.1, 0.15) is 5.69 Å². The highest BCUT2D eigenvalue weighted by molar-refractivity contribution is 7.15. The molecule has 2 amide bonds. The van der Waals surface area contributed by atoms with E-state index in [2.05, 4.69) is 22.4 Å². The lowest BCUT2D eigenvalue weighted by Crippen LogP contribution is -2.47. The quantitative estimate of drug-likeness (QED) is 0.169. The third kappa shape index (κ3) is 6.48. The molecule has 0 saturated carbocycles. The van der Waals surface area contributed by atoms with Crippen LogP contribution in [0.3, 0.4) is 0 Å². The van der Waals surface area contributed by atoms with E-state index in [1.165, 1.54) is 16.9 Å². The summed E-state index contributed by atoms with van der Waals surface area (Å²) >= 11 is 1.50. The molecule has 0 spiro atoms.